The van der Waals surface area contributed by atoms with Gasteiger partial charge in [-0.05, 0) is 18.2 Å². The molecule has 78 valence electrons. The molecule has 0 aliphatic carbocycles. The maximum absolute atomic E-state index is 13.4. The van der Waals surface area contributed by atoms with Gasteiger partial charge in [-0.15, -0.1) is 22.9 Å². The molecule has 0 N–H and O–H groups in total. The summed E-state index contributed by atoms with van der Waals surface area (Å²) >= 11 is 12.8. The second kappa shape index (κ2) is 4.47. The molecule has 1 nitrogen and oxygen atoms in total. The van der Waals surface area contributed by atoms with Gasteiger partial charge in [0.15, 0.2) is 0 Å². The average molecular weight is 262 g/mol. The van der Waals surface area contributed by atoms with Gasteiger partial charge in [-0.1, -0.05) is 11.6 Å². The lowest BCUT2D eigenvalue weighted by molar-refractivity contribution is 0.631. The molecule has 0 radical (unpaired) electrons. The summed E-state index contributed by atoms with van der Waals surface area (Å²) in [6.45, 7) is 0. The molecule has 5 heteroatoms. The number of thiazole rings is 1. The summed E-state index contributed by atoms with van der Waals surface area (Å²) in [5.41, 5.74) is 1.17. The first-order valence-corrected chi connectivity index (χ1v) is 5.95. The molecule has 0 saturated heterocycles. The van der Waals surface area contributed by atoms with Crippen LogP contribution in [-0.4, -0.2) is 4.98 Å². The third-order valence-electron chi connectivity index (χ3n) is 1.85. The first-order chi connectivity index (χ1) is 7.20. The summed E-state index contributed by atoms with van der Waals surface area (Å²) in [6, 6.07) is 4.41. The summed E-state index contributed by atoms with van der Waals surface area (Å²) in [5, 5.41) is 2.91. The van der Waals surface area contributed by atoms with Crippen molar-refractivity contribution < 1.29 is 4.39 Å². The highest BCUT2D eigenvalue weighted by Crippen LogP contribution is 2.29. The number of benzene rings is 1. The number of alkyl halides is 1. The topological polar surface area (TPSA) is 12.9 Å². The fraction of sp³-hybridized carbons (Fsp3) is 0.100. The Kier molecular flexibility index (Phi) is 3.24. The Morgan fingerprint density at radius 3 is 2.87 bits per heavy atom. The molecule has 2 rings (SSSR count). The minimum Gasteiger partial charge on any atom is -0.240 e. The quantitative estimate of drug-likeness (QED) is 0.733. The van der Waals surface area contributed by atoms with E-state index in [2.05, 4.69) is 4.98 Å². The van der Waals surface area contributed by atoms with Gasteiger partial charge in [0.2, 0.25) is 0 Å². The Bertz CT molecular complexity index is 484. The van der Waals surface area contributed by atoms with Crippen molar-refractivity contribution in [2.24, 2.45) is 0 Å². The van der Waals surface area contributed by atoms with Gasteiger partial charge >= 0.3 is 0 Å². The van der Waals surface area contributed by atoms with E-state index in [0.717, 1.165) is 5.69 Å². The van der Waals surface area contributed by atoms with Crippen molar-refractivity contribution >= 4 is 34.5 Å². The number of rotatable bonds is 2. The summed E-state index contributed by atoms with van der Waals surface area (Å²) < 4.78 is 13.4. The van der Waals surface area contributed by atoms with Crippen molar-refractivity contribution in [1.82, 2.24) is 4.98 Å². The molecular weight excluding hydrogens is 256 g/mol. The number of halogens is 3. The number of nitrogens with zero attached hydrogens (tertiary/aromatic N) is 1. The first kappa shape index (κ1) is 10.9. The van der Waals surface area contributed by atoms with E-state index in [4.69, 9.17) is 23.2 Å². The van der Waals surface area contributed by atoms with E-state index in [-0.39, 0.29) is 5.82 Å². The normalized spacial score (nSPS) is 10.6. The monoisotopic (exact) mass is 261 g/mol. The van der Waals surface area contributed by atoms with Gasteiger partial charge in [0, 0.05) is 16.0 Å². The van der Waals surface area contributed by atoms with Crippen LogP contribution in [0.1, 0.15) is 5.69 Å². The predicted molar refractivity (Wildman–Crippen MR) is 62.1 cm³/mol. The van der Waals surface area contributed by atoms with Gasteiger partial charge in [-0.2, -0.15) is 0 Å². The largest absolute Gasteiger partial charge is 0.240 e. The van der Waals surface area contributed by atoms with Crippen LogP contribution in [0.2, 0.25) is 5.02 Å². The third-order valence-corrected chi connectivity index (χ3v) is 3.28. The molecule has 15 heavy (non-hydrogen) atoms. The maximum atomic E-state index is 13.4. The van der Waals surface area contributed by atoms with Crippen molar-refractivity contribution in [2.45, 2.75) is 5.88 Å². The lowest BCUT2D eigenvalue weighted by Gasteiger charge is -1.99. The van der Waals surface area contributed by atoms with Crippen LogP contribution in [0.25, 0.3) is 10.6 Å². The second-order valence-electron chi connectivity index (χ2n) is 2.90. The number of aromatic nitrogens is 1. The van der Waals surface area contributed by atoms with E-state index in [9.17, 15) is 4.39 Å². The molecule has 1 heterocycles. The highest BCUT2D eigenvalue weighted by atomic mass is 35.5. The molecule has 0 spiro atoms. The highest BCUT2D eigenvalue weighted by Gasteiger charge is 2.09. The van der Waals surface area contributed by atoms with Crippen LogP contribution >= 0.6 is 34.5 Å². The van der Waals surface area contributed by atoms with E-state index in [1.54, 1.807) is 6.07 Å². The average Bonchev–Trinajstić information content (AvgIpc) is 2.70. The Hall–Kier alpha value is -0.640. The van der Waals surface area contributed by atoms with Crippen LogP contribution in [0.3, 0.4) is 0 Å². The molecule has 0 amide bonds. The van der Waals surface area contributed by atoms with E-state index in [1.807, 2.05) is 5.38 Å². The lowest BCUT2D eigenvalue weighted by atomic mass is 10.2. The molecule has 0 aliphatic rings. The fourth-order valence-corrected chi connectivity index (χ4v) is 2.39. The molecule has 0 fully saturated rings. The van der Waals surface area contributed by atoms with Crippen LogP contribution in [0, 0.1) is 5.82 Å². The first-order valence-electron chi connectivity index (χ1n) is 4.16. The van der Waals surface area contributed by atoms with E-state index in [0.29, 0.717) is 21.5 Å². The fourth-order valence-electron chi connectivity index (χ4n) is 1.15. The Morgan fingerprint density at radius 2 is 2.20 bits per heavy atom. The minimum absolute atomic E-state index is 0.324. The molecule has 0 unspecified atom stereocenters. The van der Waals surface area contributed by atoms with Gasteiger partial charge in [-0.3, -0.25) is 0 Å². The standard InChI is InChI=1S/C10H6Cl2FNS/c11-4-7-5-15-10(14-7)8-3-6(12)1-2-9(8)13/h1-3,5H,4H2. The number of hydrogen-bond acceptors (Lipinski definition) is 2. The van der Waals surface area contributed by atoms with E-state index in [1.165, 1.54) is 23.5 Å². The molecule has 0 atom stereocenters. The van der Waals surface area contributed by atoms with Gasteiger partial charge in [0.1, 0.15) is 10.8 Å². The lowest BCUT2D eigenvalue weighted by Crippen LogP contribution is -1.84. The van der Waals surface area contributed by atoms with Gasteiger partial charge in [-0.25, -0.2) is 9.37 Å². The predicted octanol–water partition coefficient (Wildman–Crippen LogP) is 4.34. The summed E-state index contributed by atoms with van der Waals surface area (Å²) in [4.78, 5) is 4.19. The van der Waals surface area contributed by atoms with Gasteiger partial charge in [0.25, 0.3) is 0 Å². The Morgan fingerprint density at radius 1 is 1.40 bits per heavy atom. The van der Waals surface area contributed by atoms with Crippen molar-refractivity contribution in [2.75, 3.05) is 0 Å². The SMILES string of the molecule is Fc1ccc(Cl)cc1-c1nc(CCl)cs1. The van der Waals surface area contributed by atoms with Crippen molar-refractivity contribution in [3.05, 3.63) is 40.1 Å². The summed E-state index contributed by atoms with van der Waals surface area (Å²) in [6.07, 6.45) is 0. The molecule has 0 aliphatic heterocycles. The third kappa shape index (κ3) is 2.30. The molecule has 2 aromatic rings. The maximum Gasteiger partial charge on any atom is 0.133 e. The zero-order valence-electron chi connectivity index (χ0n) is 7.51. The van der Waals surface area contributed by atoms with Crippen LogP contribution in [0.5, 0.6) is 0 Å². The number of hydrogen-bond donors (Lipinski definition) is 0. The molecule has 0 saturated carbocycles. The van der Waals surface area contributed by atoms with Crippen LogP contribution in [0.15, 0.2) is 23.6 Å². The van der Waals surface area contributed by atoms with Crippen LogP contribution in [0.4, 0.5) is 4.39 Å². The zero-order chi connectivity index (χ0) is 10.8. The summed E-state index contributed by atoms with van der Waals surface area (Å²) in [7, 11) is 0. The Labute approximate surface area is 100 Å². The zero-order valence-corrected chi connectivity index (χ0v) is 9.83. The van der Waals surface area contributed by atoms with Crippen LogP contribution in [-0.2, 0) is 5.88 Å². The van der Waals surface area contributed by atoms with Crippen LogP contribution < -0.4 is 0 Å². The minimum atomic E-state index is -0.324. The summed E-state index contributed by atoms with van der Waals surface area (Å²) in [5.74, 6) is 0.00784. The molecule has 0 bridgehead atoms. The second-order valence-corrected chi connectivity index (χ2v) is 4.46. The van der Waals surface area contributed by atoms with Gasteiger partial charge < -0.3 is 0 Å². The van der Waals surface area contributed by atoms with Crippen molar-refractivity contribution in [1.29, 1.82) is 0 Å². The van der Waals surface area contributed by atoms with Gasteiger partial charge in [0.05, 0.1) is 11.6 Å². The highest BCUT2D eigenvalue weighted by molar-refractivity contribution is 7.13. The van der Waals surface area contributed by atoms with E-state index < -0.39 is 0 Å². The van der Waals surface area contributed by atoms with Crippen molar-refractivity contribution in [3.8, 4) is 10.6 Å². The molecular formula is C10H6Cl2FNS. The molecule has 1 aromatic heterocycles. The smallest absolute Gasteiger partial charge is 0.133 e. The van der Waals surface area contributed by atoms with Crippen molar-refractivity contribution in [3.63, 3.8) is 0 Å². The Balaban J connectivity index is 2.48. The van der Waals surface area contributed by atoms with E-state index >= 15 is 0 Å². The molecule has 1 aromatic carbocycles.